The molecule has 0 aromatic carbocycles. The fourth-order valence-electron chi connectivity index (χ4n) is 2.07. The normalized spacial score (nSPS) is 13.8. The summed E-state index contributed by atoms with van der Waals surface area (Å²) in [4.78, 5) is 0. The molecule has 0 aromatic rings. The quantitative estimate of drug-likeness (QED) is 0.270. The number of quaternary nitrogens is 1. The Hall–Kier alpha value is -0.600. The molecular weight excluding hydrogens is 438 g/mol. The fraction of sp³-hybridized carbons (Fsp3) is 1.00. The Kier molecular flexibility index (Phi) is 12.2. The molecule has 172 valence electrons. The van der Waals surface area contributed by atoms with Crippen LogP contribution in [-0.2, 0) is 20.0 Å². The van der Waals surface area contributed by atoms with Crippen LogP contribution in [0.1, 0.15) is 52.4 Å². The predicted molar refractivity (Wildman–Crippen MR) is 94.2 cm³/mol. The van der Waals surface area contributed by atoms with Crippen molar-refractivity contribution in [1.82, 2.24) is 0 Å². The van der Waals surface area contributed by atoms with Crippen molar-refractivity contribution in [2.45, 2.75) is 63.4 Å². The van der Waals surface area contributed by atoms with Gasteiger partial charge in [0.2, 0.25) is 0 Å². The van der Waals surface area contributed by atoms with E-state index >= 15 is 0 Å². The van der Waals surface area contributed by atoms with E-state index in [9.17, 15) is 43.2 Å². The van der Waals surface area contributed by atoms with Crippen molar-refractivity contribution in [3.63, 3.8) is 0 Å². The third-order valence-corrected chi connectivity index (χ3v) is 6.22. The summed E-state index contributed by atoms with van der Waals surface area (Å²) in [6.07, 6.45) is 8.35. The van der Waals surface area contributed by atoms with Crippen molar-refractivity contribution in [1.29, 1.82) is 0 Å². The molecule has 6 nitrogen and oxygen atoms in total. The molecule has 14 heteroatoms. The average molecular weight is 467 g/mol. The highest BCUT2D eigenvalue weighted by atomic mass is 32.3. The van der Waals surface area contributed by atoms with Gasteiger partial charge in [0.15, 0.2) is 20.0 Å². The van der Waals surface area contributed by atoms with Crippen molar-refractivity contribution in [3.05, 3.63) is 4.13 Å². The standard InChI is InChI=1S/C12H28N.C2F6NO4S2/c1-5-7-8-9-10-12-13(3,4)11-6-2;3-1(4,5)14(10,11)9-15(12,13)2(6,7)8/h5-12H2,1-4H3;/q+1;-1. The van der Waals surface area contributed by atoms with Crippen molar-refractivity contribution in [2.75, 3.05) is 27.2 Å². The van der Waals surface area contributed by atoms with Crippen LogP contribution in [0, 0.1) is 0 Å². The maximum atomic E-state index is 11.4. The summed E-state index contributed by atoms with van der Waals surface area (Å²) in [5, 5.41) is 0. The third-order valence-electron chi connectivity index (χ3n) is 3.48. The first-order valence-electron chi connectivity index (χ1n) is 8.52. The van der Waals surface area contributed by atoms with Crippen LogP contribution in [-0.4, -0.2) is 59.5 Å². The zero-order chi connectivity index (χ0) is 22.9. The number of hydrogen-bond donors (Lipinski definition) is 0. The SMILES string of the molecule is CCCCCCC[N+](C)(C)CCC.O=S(=O)([N-]S(=O)(=O)C(F)(F)F)C(F)(F)F. The summed E-state index contributed by atoms with van der Waals surface area (Å²) in [7, 11) is -8.74. The van der Waals surface area contributed by atoms with Gasteiger partial charge in [-0.3, -0.25) is 0 Å². The van der Waals surface area contributed by atoms with E-state index in [0.717, 1.165) is 4.13 Å². The Morgan fingerprint density at radius 1 is 0.679 bits per heavy atom. The van der Waals surface area contributed by atoms with Gasteiger partial charge in [0.05, 0.1) is 27.2 Å². The number of alkyl halides is 6. The summed E-state index contributed by atoms with van der Waals surface area (Å²) in [5.74, 6) is 0. The zero-order valence-electron chi connectivity index (χ0n) is 16.3. The molecule has 0 aliphatic carbocycles. The Labute approximate surface area is 163 Å². The van der Waals surface area contributed by atoms with Gasteiger partial charge in [-0.15, -0.1) is 0 Å². The lowest BCUT2D eigenvalue weighted by molar-refractivity contribution is -0.890. The first kappa shape index (κ1) is 29.6. The highest BCUT2D eigenvalue weighted by Crippen LogP contribution is 2.36. The molecule has 0 bridgehead atoms. The molecule has 0 saturated heterocycles. The molecule has 0 aliphatic heterocycles. The minimum atomic E-state index is -6.72. The number of hydrogen-bond acceptors (Lipinski definition) is 4. The van der Waals surface area contributed by atoms with Crippen molar-refractivity contribution in [3.8, 4) is 0 Å². The monoisotopic (exact) mass is 466 g/mol. The van der Waals surface area contributed by atoms with Gasteiger partial charge >= 0.3 is 11.0 Å². The van der Waals surface area contributed by atoms with Gasteiger partial charge in [-0.2, -0.15) is 26.3 Å². The van der Waals surface area contributed by atoms with E-state index < -0.39 is 31.1 Å². The Bertz CT molecular complexity index is 602. The molecule has 0 spiro atoms. The van der Waals surface area contributed by atoms with E-state index in [1.807, 2.05) is 0 Å². The van der Waals surface area contributed by atoms with E-state index in [4.69, 9.17) is 0 Å². The summed E-state index contributed by atoms with van der Waals surface area (Å²) in [5.41, 5.74) is -12.4. The predicted octanol–water partition coefficient (Wildman–Crippen LogP) is 4.50. The molecule has 0 aliphatic rings. The second kappa shape index (κ2) is 11.6. The van der Waals surface area contributed by atoms with Crippen LogP contribution in [0.25, 0.3) is 4.13 Å². The van der Waals surface area contributed by atoms with Gasteiger partial charge in [0, 0.05) is 0 Å². The lowest BCUT2D eigenvalue weighted by Gasteiger charge is -2.29. The van der Waals surface area contributed by atoms with Gasteiger partial charge in [0.1, 0.15) is 0 Å². The van der Waals surface area contributed by atoms with Crippen molar-refractivity contribution < 1.29 is 47.7 Å². The summed E-state index contributed by atoms with van der Waals surface area (Å²) in [6, 6.07) is 0. The number of halogens is 6. The Morgan fingerprint density at radius 2 is 1.07 bits per heavy atom. The maximum absolute atomic E-state index is 11.4. The summed E-state index contributed by atoms with van der Waals surface area (Å²) in [6.45, 7) is 7.24. The largest absolute Gasteiger partial charge is 0.480 e. The average Bonchev–Trinajstić information content (AvgIpc) is 2.44. The second-order valence-electron chi connectivity index (χ2n) is 6.71. The number of sulfonamides is 2. The van der Waals surface area contributed by atoms with E-state index in [1.54, 1.807) is 0 Å². The Balaban J connectivity index is 0. The van der Waals surface area contributed by atoms with Crippen LogP contribution in [0.5, 0.6) is 0 Å². The topological polar surface area (TPSA) is 82.4 Å². The fourth-order valence-corrected chi connectivity index (χ4v) is 3.78. The molecular formula is C14H28F6N2O4S2. The number of nitrogens with zero attached hydrogens (tertiary/aromatic N) is 2. The molecule has 0 heterocycles. The minimum absolute atomic E-state index is 0.778. The van der Waals surface area contributed by atoms with Gasteiger partial charge in [-0.25, -0.2) is 16.8 Å². The van der Waals surface area contributed by atoms with Crippen LogP contribution in [0.4, 0.5) is 26.3 Å². The molecule has 0 N–H and O–H groups in total. The van der Waals surface area contributed by atoms with Crippen LogP contribution in [0.2, 0.25) is 0 Å². The van der Waals surface area contributed by atoms with E-state index in [1.165, 1.54) is 56.1 Å². The molecule has 0 aromatic heterocycles. The number of rotatable bonds is 10. The van der Waals surface area contributed by atoms with Crippen LogP contribution >= 0.6 is 0 Å². The van der Waals surface area contributed by atoms with E-state index in [0.29, 0.717) is 0 Å². The second-order valence-corrected chi connectivity index (χ2v) is 10.1. The van der Waals surface area contributed by atoms with Crippen LogP contribution in [0.3, 0.4) is 0 Å². The van der Waals surface area contributed by atoms with Crippen molar-refractivity contribution >= 4 is 20.0 Å². The van der Waals surface area contributed by atoms with Gasteiger partial charge in [-0.1, -0.05) is 33.1 Å². The maximum Gasteiger partial charge on any atom is 0.480 e. The van der Waals surface area contributed by atoms with E-state index in [2.05, 4.69) is 27.9 Å². The first-order chi connectivity index (χ1) is 12.3. The molecule has 28 heavy (non-hydrogen) atoms. The molecule has 0 fully saturated rings. The molecule has 0 amide bonds. The summed E-state index contributed by atoms with van der Waals surface area (Å²) < 4.78 is 110. The van der Waals surface area contributed by atoms with E-state index in [-0.39, 0.29) is 0 Å². The van der Waals surface area contributed by atoms with Crippen LogP contribution in [0.15, 0.2) is 0 Å². The molecule has 0 rings (SSSR count). The summed E-state index contributed by atoms with van der Waals surface area (Å²) >= 11 is 0. The minimum Gasteiger partial charge on any atom is -0.421 e. The van der Waals surface area contributed by atoms with Crippen molar-refractivity contribution in [2.24, 2.45) is 0 Å². The lowest BCUT2D eigenvalue weighted by atomic mass is 10.1. The number of unbranched alkanes of at least 4 members (excludes halogenated alkanes) is 4. The lowest BCUT2D eigenvalue weighted by Crippen LogP contribution is -2.40. The Morgan fingerprint density at radius 3 is 1.39 bits per heavy atom. The zero-order valence-corrected chi connectivity index (χ0v) is 17.9. The first-order valence-corrected chi connectivity index (χ1v) is 11.4. The molecule has 0 atom stereocenters. The molecule has 0 radical (unpaired) electrons. The highest BCUT2D eigenvalue weighted by Gasteiger charge is 2.46. The van der Waals surface area contributed by atoms with Gasteiger partial charge < -0.3 is 8.61 Å². The third kappa shape index (κ3) is 12.1. The molecule has 0 unspecified atom stereocenters. The highest BCUT2D eigenvalue weighted by molar-refractivity contribution is 8.13. The van der Waals surface area contributed by atoms with Crippen LogP contribution < -0.4 is 0 Å². The smallest absolute Gasteiger partial charge is 0.421 e. The van der Waals surface area contributed by atoms with Gasteiger partial charge in [-0.05, 0) is 19.3 Å². The van der Waals surface area contributed by atoms with Gasteiger partial charge in [0.25, 0.3) is 0 Å². The molecule has 0 saturated carbocycles.